The Morgan fingerprint density at radius 3 is 2.44 bits per heavy atom. The van der Waals surface area contributed by atoms with Crippen molar-refractivity contribution in [3.05, 3.63) is 87.9 Å². The maximum atomic E-state index is 6.33. The first-order chi connectivity index (χ1) is 13.2. The Hall–Kier alpha value is -2.76. The fourth-order valence-corrected chi connectivity index (χ4v) is 3.13. The molecule has 1 heterocycles. The van der Waals surface area contributed by atoms with Crippen LogP contribution in [0.1, 0.15) is 5.56 Å². The molecule has 1 aromatic heterocycles. The molecule has 0 aliphatic carbocycles. The third-order valence-corrected chi connectivity index (χ3v) is 4.83. The lowest BCUT2D eigenvalue weighted by molar-refractivity contribution is 1.19. The molecule has 0 bridgehead atoms. The number of aromatic nitrogens is 2. The highest BCUT2D eigenvalue weighted by Gasteiger charge is 2.11. The average Bonchev–Trinajstić information content (AvgIpc) is 2.69. The van der Waals surface area contributed by atoms with Crippen LogP contribution in [-0.4, -0.2) is 16.2 Å². The van der Waals surface area contributed by atoms with Crippen LogP contribution < -0.4 is 5.43 Å². The monoisotopic (exact) mass is 436 g/mol. The number of para-hydroxylation sites is 1. The van der Waals surface area contributed by atoms with Gasteiger partial charge >= 0.3 is 0 Å². The maximum absolute atomic E-state index is 6.33. The van der Waals surface area contributed by atoms with Crippen LogP contribution in [0.25, 0.3) is 22.3 Å². The summed E-state index contributed by atoms with van der Waals surface area (Å²) in [6, 6.07) is 23.2. The molecule has 6 heteroatoms. The van der Waals surface area contributed by atoms with E-state index in [1.165, 1.54) is 0 Å². The molecule has 0 atom stereocenters. The van der Waals surface area contributed by atoms with Crippen LogP contribution in [0.2, 0.25) is 5.02 Å². The van der Waals surface area contributed by atoms with E-state index in [1.54, 1.807) is 6.21 Å². The van der Waals surface area contributed by atoms with Crippen molar-refractivity contribution in [1.82, 2.24) is 9.97 Å². The number of nitrogens with one attached hydrogen (secondary N) is 1. The number of rotatable bonds is 4. The molecule has 4 rings (SSSR count). The summed E-state index contributed by atoms with van der Waals surface area (Å²) >= 11 is 9.75. The highest BCUT2D eigenvalue weighted by atomic mass is 79.9. The summed E-state index contributed by atoms with van der Waals surface area (Å²) in [5.74, 6) is 1.18. The quantitative estimate of drug-likeness (QED) is 0.307. The Labute approximate surface area is 170 Å². The van der Waals surface area contributed by atoms with E-state index in [1.807, 2.05) is 72.8 Å². The van der Waals surface area contributed by atoms with Crippen molar-refractivity contribution in [3.63, 3.8) is 0 Å². The zero-order valence-corrected chi connectivity index (χ0v) is 16.4. The molecule has 0 spiro atoms. The van der Waals surface area contributed by atoms with Gasteiger partial charge < -0.3 is 0 Å². The Kier molecular flexibility index (Phi) is 5.14. The first-order valence-corrected chi connectivity index (χ1v) is 9.44. The summed E-state index contributed by atoms with van der Waals surface area (Å²) in [5.41, 5.74) is 5.63. The normalized spacial score (nSPS) is 11.2. The van der Waals surface area contributed by atoms with Gasteiger partial charge in [-0.2, -0.15) is 5.10 Å². The lowest BCUT2D eigenvalue weighted by Crippen LogP contribution is -1.99. The van der Waals surface area contributed by atoms with Crippen molar-refractivity contribution in [2.75, 3.05) is 5.43 Å². The maximum Gasteiger partial charge on any atom is 0.163 e. The van der Waals surface area contributed by atoms with Gasteiger partial charge in [-0.05, 0) is 42.0 Å². The number of benzene rings is 3. The zero-order valence-electron chi connectivity index (χ0n) is 14.1. The van der Waals surface area contributed by atoms with Crippen molar-refractivity contribution in [3.8, 4) is 11.4 Å². The number of anilines is 1. The number of hydrogen-bond acceptors (Lipinski definition) is 4. The fraction of sp³-hybridized carbons (Fsp3) is 0. The SMILES string of the molecule is Clc1ccccc1-c1nc(N/N=C/c2ccc(Br)cc2)c2ccccc2n1. The van der Waals surface area contributed by atoms with E-state index in [0.29, 0.717) is 16.7 Å². The lowest BCUT2D eigenvalue weighted by atomic mass is 10.2. The van der Waals surface area contributed by atoms with Crippen molar-refractivity contribution >= 4 is 50.5 Å². The molecule has 0 fully saturated rings. The molecular weight excluding hydrogens is 424 g/mol. The van der Waals surface area contributed by atoms with Gasteiger partial charge in [0.15, 0.2) is 11.6 Å². The molecule has 27 heavy (non-hydrogen) atoms. The fourth-order valence-electron chi connectivity index (χ4n) is 2.64. The van der Waals surface area contributed by atoms with E-state index in [-0.39, 0.29) is 0 Å². The predicted molar refractivity (Wildman–Crippen MR) is 115 cm³/mol. The van der Waals surface area contributed by atoms with Crippen LogP contribution in [0, 0.1) is 0 Å². The molecule has 1 N–H and O–H groups in total. The number of halogens is 2. The lowest BCUT2D eigenvalue weighted by Gasteiger charge is -2.09. The second-order valence-corrected chi connectivity index (χ2v) is 7.14. The van der Waals surface area contributed by atoms with Gasteiger partial charge in [-0.25, -0.2) is 9.97 Å². The highest BCUT2D eigenvalue weighted by molar-refractivity contribution is 9.10. The summed E-state index contributed by atoms with van der Waals surface area (Å²) in [5, 5.41) is 5.83. The third-order valence-electron chi connectivity index (χ3n) is 3.97. The van der Waals surface area contributed by atoms with Gasteiger partial charge in [0.2, 0.25) is 0 Å². The molecule has 0 unspecified atom stereocenters. The molecule has 3 aromatic carbocycles. The van der Waals surface area contributed by atoms with Gasteiger partial charge in [-0.3, -0.25) is 5.43 Å². The highest BCUT2D eigenvalue weighted by Crippen LogP contribution is 2.29. The minimum atomic E-state index is 0.556. The van der Waals surface area contributed by atoms with Crippen molar-refractivity contribution in [1.29, 1.82) is 0 Å². The number of hydrogen-bond donors (Lipinski definition) is 1. The molecule has 0 aliphatic heterocycles. The van der Waals surface area contributed by atoms with E-state index < -0.39 is 0 Å². The van der Waals surface area contributed by atoms with Gasteiger partial charge in [-0.1, -0.05) is 63.9 Å². The van der Waals surface area contributed by atoms with Crippen LogP contribution >= 0.6 is 27.5 Å². The minimum absolute atomic E-state index is 0.556. The summed E-state index contributed by atoms with van der Waals surface area (Å²) in [6.07, 6.45) is 1.75. The van der Waals surface area contributed by atoms with E-state index in [4.69, 9.17) is 11.6 Å². The van der Waals surface area contributed by atoms with Crippen LogP contribution in [0.5, 0.6) is 0 Å². The van der Waals surface area contributed by atoms with Crippen LogP contribution in [0.4, 0.5) is 5.82 Å². The van der Waals surface area contributed by atoms with Crippen molar-refractivity contribution in [2.24, 2.45) is 5.10 Å². The third kappa shape index (κ3) is 3.99. The number of fused-ring (bicyclic) bond motifs is 1. The average molecular weight is 438 g/mol. The molecule has 4 aromatic rings. The number of hydrazone groups is 1. The molecule has 0 saturated heterocycles. The summed E-state index contributed by atoms with van der Waals surface area (Å²) in [7, 11) is 0. The Morgan fingerprint density at radius 1 is 0.889 bits per heavy atom. The van der Waals surface area contributed by atoms with Crippen molar-refractivity contribution in [2.45, 2.75) is 0 Å². The Morgan fingerprint density at radius 2 is 1.63 bits per heavy atom. The second kappa shape index (κ2) is 7.86. The van der Waals surface area contributed by atoms with Crippen LogP contribution in [0.3, 0.4) is 0 Å². The zero-order chi connectivity index (χ0) is 18.6. The van der Waals surface area contributed by atoms with Gasteiger partial charge in [0.25, 0.3) is 0 Å². The standard InChI is InChI=1S/C21H14BrClN4/c22-15-11-9-14(10-12-15)13-24-27-21-17-6-2-4-8-19(17)25-20(26-21)16-5-1-3-7-18(16)23/h1-13H,(H,25,26,27)/b24-13+. The Bertz CT molecular complexity index is 1130. The smallest absolute Gasteiger partial charge is 0.163 e. The van der Waals surface area contributed by atoms with E-state index in [2.05, 4.69) is 36.4 Å². The van der Waals surface area contributed by atoms with Crippen LogP contribution in [-0.2, 0) is 0 Å². The first kappa shape index (κ1) is 17.6. The first-order valence-electron chi connectivity index (χ1n) is 8.27. The summed E-state index contributed by atoms with van der Waals surface area (Å²) in [6.45, 7) is 0. The van der Waals surface area contributed by atoms with Gasteiger partial charge in [0.05, 0.1) is 16.8 Å². The molecule has 0 radical (unpaired) electrons. The Balaban J connectivity index is 1.72. The molecule has 132 valence electrons. The minimum Gasteiger partial charge on any atom is -0.261 e. The van der Waals surface area contributed by atoms with Crippen molar-refractivity contribution < 1.29 is 0 Å². The largest absolute Gasteiger partial charge is 0.261 e. The molecule has 0 saturated carbocycles. The van der Waals surface area contributed by atoms with E-state index in [0.717, 1.165) is 26.5 Å². The van der Waals surface area contributed by atoms with E-state index in [9.17, 15) is 0 Å². The summed E-state index contributed by atoms with van der Waals surface area (Å²) < 4.78 is 1.03. The predicted octanol–water partition coefficient (Wildman–Crippen LogP) is 6.16. The molecule has 0 amide bonds. The van der Waals surface area contributed by atoms with Gasteiger partial charge in [0, 0.05) is 15.4 Å². The van der Waals surface area contributed by atoms with Gasteiger partial charge in [0.1, 0.15) is 0 Å². The second-order valence-electron chi connectivity index (χ2n) is 5.81. The van der Waals surface area contributed by atoms with Gasteiger partial charge in [-0.15, -0.1) is 0 Å². The molecule has 0 aliphatic rings. The molecule has 4 nitrogen and oxygen atoms in total. The topological polar surface area (TPSA) is 50.2 Å². The van der Waals surface area contributed by atoms with Crippen LogP contribution in [0.15, 0.2) is 82.4 Å². The van der Waals surface area contributed by atoms with E-state index >= 15 is 0 Å². The number of nitrogens with zero attached hydrogens (tertiary/aromatic N) is 3. The summed E-state index contributed by atoms with van der Waals surface area (Å²) in [4.78, 5) is 9.30. The molecular formula is C21H14BrClN4.